The fraction of sp³-hybridized carbons (Fsp3) is 0.0667. The average Bonchev–Trinajstić information content (AvgIpc) is 2.57. The van der Waals surface area contributed by atoms with E-state index < -0.39 is 18.0 Å². The molecular formula is C15H9ClF2N2O. The molecule has 21 heavy (non-hydrogen) atoms. The number of anilines is 1. The molecule has 0 aromatic heterocycles. The van der Waals surface area contributed by atoms with E-state index in [1.807, 2.05) is 0 Å². The van der Waals surface area contributed by atoms with Gasteiger partial charge in [-0.25, -0.2) is 13.8 Å². The first-order valence-electron chi connectivity index (χ1n) is 6.13. The van der Waals surface area contributed by atoms with Gasteiger partial charge in [-0.15, -0.1) is 0 Å². The highest BCUT2D eigenvalue weighted by molar-refractivity contribution is 6.31. The second kappa shape index (κ2) is 5.26. The van der Waals surface area contributed by atoms with Crippen molar-refractivity contribution in [3.8, 4) is 0 Å². The molecule has 1 unspecified atom stereocenters. The van der Waals surface area contributed by atoms with Crippen LogP contribution in [0.1, 0.15) is 11.1 Å². The van der Waals surface area contributed by atoms with Crippen LogP contribution >= 0.6 is 11.6 Å². The maximum Gasteiger partial charge on any atom is 0.281 e. The molecule has 0 radical (unpaired) electrons. The molecule has 1 heterocycles. The van der Waals surface area contributed by atoms with E-state index in [2.05, 4.69) is 10.3 Å². The Morgan fingerprint density at radius 1 is 1.19 bits per heavy atom. The number of alkyl halides is 1. The van der Waals surface area contributed by atoms with Gasteiger partial charge in [0.25, 0.3) is 12.2 Å². The number of carbonyl (C=O) groups excluding carboxylic acids is 1. The van der Waals surface area contributed by atoms with Gasteiger partial charge in [-0.05, 0) is 30.3 Å². The van der Waals surface area contributed by atoms with Gasteiger partial charge in [0.15, 0.2) is 0 Å². The van der Waals surface area contributed by atoms with E-state index in [4.69, 9.17) is 11.6 Å². The maximum absolute atomic E-state index is 13.8. The van der Waals surface area contributed by atoms with E-state index in [0.29, 0.717) is 21.8 Å². The predicted molar refractivity (Wildman–Crippen MR) is 77.0 cm³/mol. The molecule has 3 nitrogen and oxygen atoms in total. The fourth-order valence-corrected chi connectivity index (χ4v) is 2.31. The van der Waals surface area contributed by atoms with E-state index in [1.54, 1.807) is 24.3 Å². The van der Waals surface area contributed by atoms with E-state index in [9.17, 15) is 13.6 Å². The number of hydrogen-bond acceptors (Lipinski definition) is 2. The zero-order valence-corrected chi connectivity index (χ0v) is 11.4. The van der Waals surface area contributed by atoms with Crippen molar-refractivity contribution < 1.29 is 13.6 Å². The number of benzodiazepines with no additional fused rings is 1. The highest BCUT2D eigenvalue weighted by Crippen LogP contribution is 2.26. The Hall–Kier alpha value is -2.27. The van der Waals surface area contributed by atoms with Crippen LogP contribution in [-0.2, 0) is 4.79 Å². The summed E-state index contributed by atoms with van der Waals surface area (Å²) in [5, 5.41) is 2.82. The van der Waals surface area contributed by atoms with Gasteiger partial charge in [-0.3, -0.25) is 4.79 Å². The van der Waals surface area contributed by atoms with E-state index in [0.717, 1.165) is 0 Å². The third-order valence-electron chi connectivity index (χ3n) is 3.05. The number of benzene rings is 2. The van der Waals surface area contributed by atoms with Crippen molar-refractivity contribution in [2.45, 2.75) is 6.30 Å². The van der Waals surface area contributed by atoms with Gasteiger partial charge >= 0.3 is 0 Å². The number of nitrogens with zero attached hydrogens (tertiary/aromatic N) is 1. The second-order valence-electron chi connectivity index (χ2n) is 4.50. The van der Waals surface area contributed by atoms with Crippen molar-refractivity contribution in [2.24, 2.45) is 4.99 Å². The summed E-state index contributed by atoms with van der Waals surface area (Å²) in [7, 11) is 0. The molecule has 6 heteroatoms. The normalized spacial score (nSPS) is 17.6. The third-order valence-corrected chi connectivity index (χ3v) is 3.29. The van der Waals surface area contributed by atoms with Crippen LogP contribution in [0, 0.1) is 5.82 Å². The van der Waals surface area contributed by atoms with Crippen LogP contribution in [0.25, 0.3) is 0 Å². The molecule has 3 rings (SSSR count). The van der Waals surface area contributed by atoms with Crippen molar-refractivity contribution in [3.63, 3.8) is 0 Å². The van der Waals surface area contributed by atoms with Gasteiger partial charge in [-0.1, -0.05) is 23.7 Å². The molecule has 1 amide bonds. The summed E-state index contributed by atoms with van der Waals surface area (Å²) in [4.78, 5) is 15.4. The standard InChI is InChI=1S/C15H9ClF2N2O/c16-9-3-1-2-8(6-9)13-11-7-10(17)4-5-12(11)19-15(21)14(18)20-13/h1-7,14H,(H,19,21). The van der Waals surface area contributed by atoms with Crippen LogP contribution < -0.4 is 5.32 Å². The molecular weight excluding hydrogens is 298 g/mol. The number of rotatable bonds is 1. The Morgan fingerprint density at radius 3 is 2.76 bits per heavy atom. The number of carbonyl (C=O) groups is 1. The zero-order chi connectivity index (χ0) is 15.0. The van der Waals surface area contributed by atoms with Crippen LogP contribution in [0.4, 0.5) is 14.5 Å². The van der Waals surface area contributed by atoms with Crippen LogP contribution in [0.2, 0.25) is 5.02 Å². The van der Waals surface area contributed by atoms with E-state index in [-0.39, 0.29) is 5.71 Å². The molecule has 0 saturated carbocycles. The number of fused-ring (bicyclic) bond motifs is 1. The van der Waals surface area contributed by atoms with Crippen LogP contribution in [-0.4, -0.2) is 17.9 Å². The molecule has 1 aliphatic heterocycles. The summed E-state index contributed by atoms with van der Waals surface area (Å²) in [5.41, 5.74) is 1.30. The number of halogens is 3. The molecule has 0 saturated heterocycles. The Bertz CT molecular complexity index is 761. The second-order valence-corrected chi connectivity index (χ2v) is 4.94. The lowest BCUT2D eigenvalue weighted by atomic mass is 10.0. The van der Waals surface area contributed by atoms with Crippen LogP contribution in [0.3, 0.4) is 0 Å². The minimum atomic E-state index is -2.06. The van der Waals surface area contributed by atoms with Gasteiger partial charge < -0.3 is 5.32 Å². The Labute approximate surface area is 124 Å². The number of aliphatic imine (C=N–C) groups is 1. The van der Waals surface area contributed by atoms with Crippen molar-refractivity contribution in [1.82, 2.24) is 0 Å². The SMILES string of the molecule is O=C1Nc2ccc(F)cc2C(c2cccc(Cl)c2)=NC1F. The summed E-state index contributed by atoms with van der Waals surface area (Å²) in [6, 6.07) is 10.3. The topological polar surface area (TPSA) is 41.5 Å². The Morgan fingerprint density at radius 2 is 2.00 bits per heavy atom. The summed E-state index contributed by atoms with van der Waals surface area (Å²) in [5.74, 6) is -1.39. The monoisotopic (exact) mass is 306 g/mol. The Balaban J connectivity index is 2.24. The quantitative estimate of drug-likeness (QED) is 0.804. The van der Waals surface area contributed by atoms with E-state index >= 15 is 0 Å². The third kappa shape index (κ3) is 2.64. The zero-order valence-electron chi connectivity index (χ0n) is 10.6. The number of hydrogen-bond donors (Lipinski definition) is 1. The van der Waals surface area contributed by atoms with Crippen molar-refractivity contribution >= 4 is 28.9 Å². The highest BCUT2D eigenvalue weighted by atomic mass is 35.5. The van der Waals surface area contributed by atoms with Crippen molar-refractivity contribution in [2.75, 3.05) is 5.32 Å². The minimum absolute atomic E-state index is 0.179. The summed E-state index contributed by atoms with van der Waals surface area (Å²) in [6.45, 7) is 0. The maximum atomic E-state index is 13.8. The first kappa shape index (κ1) is 13.7. The molecule has 0 fully saturated rings. The lowest BCUT2D eigenvalue weighted by Crippen LogP contribution is -2.21. The highest BCUT2D eigenvalue weighted by Gasteiger charge is 2.25. The summed E-state index contributed by atoms with van der Waals surface area (Å²) < 4.78 is 27.3. The molecule has 0 spiro atoms. The van der Waals surface area contributed by atoms with Crippen LogP contribution in [0.5, 0.6) is 0 Å². The number of amides is 1. The van der Waals surface area contributed by atoms with Gasteiger partial charge in [0.05, 0.1) is 11.4 Å². The fourth-order valence-electron chi connectivity index (χ4n) is 2.12. The van der Waals surface area contributed by atoms with Gasteiger partial charge in [0.2, 0.25) is 0 Å². The summed E-state index contributed by atoms with van der Waals surface area (Å²) >= 11 is 5.92. The summed E-state index contributed by atoms with van der Waals surface area (Å²) in [6.07, 6.45) is -2.06. The van der Waals surface area contributed by atoms with Gasteiger partial charge in [-0.2, -0.15) is 0 Å². The molecule has 2 aromatic rings. The molecule has 1 N–H and O–H groups in total. The van der Waals surface area contributed by atoms with E-state index in [1.165, 1.54) is 18.2 Å². The largest absolute Gasteiger partial charge is 0.321 e. The lowest BCUT2D eigenvalue weighted by molar-refractivity contribution is -0.120. The van der Waals surface area contributed by atoms with Crippen molar-refractivity contribution in [3.05, 3.63) is 64.4 Å². The molecule has 1 atom stereocenters. The predicted octanol–water partition coefficient (Wildman–Crippen LogP) is 3.56. The molecule has 0 aliphatic carbocycles. The molecule has 0 bridgehead atoms. The molecule has 106 valence electrons. The molecule has 1 aliphatic rings. The van der Waals surface area contributed by atoms with Crippen molar-refractivity contribution in [1.29, 1.82) is 0 Å². The molecule has 2 aromatic carbocycles. The first-order chi connectivity index (χ1) is 10.0. The smallest absolute Gasteiger partial charge is 0.281 e. The van der Waals surface area contributed by atoms with Gasteiger partial charge in [0, 0.05) is 16.1 Å². The first-order valence-corrected chi connectivity index (χ1v) is 6.51. The minimum Gasteiger partial charge on any atom is -0.321 e. The Kier molecular flexibility index (Phi) is 3.43. The van der Waals surface area contributed by atoms with Crippen LogP contribution in [0.15, 0.2) is 47.5 Å². The lowest BCUT2D eigenvalue weighted by Gasteiger charge is -2.10. The number of nitrogens with one attached hydrogen (secondary N) is 1. The average molecular weight is 307 g/mol. The van der Waals surface area contributed by atoms with Gasteiger partial charge in [0.1, 0.15) is 5.82 Å².